The van der Waals surface area contributed by atoms with Crippen LogP contribution in [-0.4, -0.2) is 9.97 Å². The number of halogens is 3. The minimum absolute atomic E-state index is 0.00503. The van der Waals surface area contributed by atoms with Gasteiger partial charge in [0.25, 0.3) is 0 Å². The van der Waals surface area contributed by atoms with Gasteiger partial charge in [0.2, 0.25) is 5.88 Å². The summed E-state index contributed by atoms with van der Waals surface area (Å²) in [5.74, 6) is -0.214. The van der Waals surface area contributed by atoms with Crippen molar-refractivity contribution >= 4 is 23.4 Å². The van der Waals surface area contributed by atoms with Crippen LogP contribution in [-0.2, 0) is 11.2 Å². The molecule has 3 aromatic rings. The summed E-state index contributed by atoms with van der Waals surface area (Å²) < 4.78 is 33.6. The summed E-state index contributed by atoms with van der Waals surface area (Å²) in [4.78, 5) is 8.93. The van der Waals surface area contributed by atoms with E-state index in [4.69, 9.17) is 16.3 Å². The van der Waals surface area contributed by atoms with E-state index < -0.39 is 11.6 Å². The van der Waals surface area contributed by atoms with Gasteiger partial charge in [0.15, 0.2) is 5.16 Å². The van der Waals surface area contributed by atoms with Crippen LogP contribution >= 0.6 is 23.4 Å². The molecule has 0 spiro atoms. The van der Waals surface area contributed by atoms with Crippen molar-refractivity contribution in [3.63, 3.8) is 0 Å². The van der Waals surface area contributed by atoms with Gasteiger partial charge in [-0.15, -0.1) is 0 Å². The fourth-order valence-corrected chi connectivity index (χ4v) is 3.41. The minimum Gasteiger partial charge on any atom is -0.439 e. The zero-order valence-electron chi connectivity index (χ0n) is 15.7. The summed E-state index contributed by atoms with van der Waals surface area (Å²) in [6, 6.07) is 12.5. The van der Waals surface area contributed by atoms with Crippen LogP contribution in [0.25, 0.3) is 0 Å². The lowest BCUT2D eigenvalue weighted by atomic mass is 9.92. The molecule has 0 N–H and O–H groups in total. The molecule has 0 amide bonds. The number of aromatic nitrogens is 2. The number of hydrogen-bond acceptors (Lipinski definition) is 4. The lowest BCUT2D eigenvalue weighted by Crippen LogP contribution is -2.14. The van der Waals surface area contributed by atoms with Crippen molar-refractivity contribution in [3.05, 3.63) is 76.4 Å². The molecule has 0 saturated heterocycles. The second kappa shape index (κ2) is 8.45. The van der Waals surface area contributed by atoms with Crippen LogP contribution < -0.4 is 4.74 Å². The highest BCUT2D eigenvalue weighted by atomic mass is 35.5. The molecule has 1 aromatic heterocycles. The van der Waals surface area contributed by atoms with E-state index in [1.54, 1.807) is 30.3 Å². The van der Waals surface area contributed by atoms with E-state index in [1.165, 1.54) is 18.2 Å². The van der Waals surface area contributed by atoms with Crippen molar-refractivity contribution < 1.29 is 13.5 Å². The fourth-order valence-electron chi connectivity index (χ4n) is 2.36. The largest absolute Gasteiger partial charge is 0.439 e. The molecule has 0 fully saturated rings. The van der Waals surface area contributed by atoms with E-state index in [-0.39, 0.29) is 16.7 Å². The summed E-state index contributed by atoms with van der Waals surface area (Å²) in [5.41, 5.74) is 0.499. The number of nitrogens with zero attached hydrogens (tertiary/aromatic N) is 2. The van der Waals surface area contributed by atoms with Crippen LogP contribution in [0.4, 0.5) is 8.78 Å². The standard InChI is InChI=1S/C21H19ClF2N2OS/c1-21(2,3)18-11-19(27-14-7-4-6-13(22)10-14)26-20(25-18)28-12-15-16(23)8-5-9-17(15)24/h4-11H,12H2,1-3H3. The maximum absolute atomic E-state index is 13.9. The molecule has 0 atom stereocenters. The summed E-state index contributed by atoms with van der Waals surface area (Å²) in [5, 5.41) is 0.930. The number of hydrogen-bond donors (Lipinski definition) is 0. The molecule has 146 valence electrons. The van der Waals surface area contributed by atoms with Gasteiger partial charge in [-0.05, 0) is 30.3 Å². The third-order valence-corrected chi connectivity index (χ3v) is 4.99. The second-order valence-electron chi connectivity index (χ2n) is 7.17. The van der Waals surface area contributed by atoms with Gasteiger partial charge in [0.1, 0.15) is 17.4 Å². The minimum atomic E-state index is -0.588. The summed E-state index contributed by atoms with van der Waals surface area (Å²) >= 11 is 7.16. The molecule has 2 aromatic carbocycles. The Hall–Kier alpha value is -2.18. The van der Waals surface area contributed by atoms with Gasteiger partial charge in [0.05, 0.1) is 5.69 Å². The van der Waals surface area contributed by atoms with E-state index in [9.17, 15) is 8.78 Å². The maximum Gasteiger partial charge on any atom is 0.223 e. The zero-order chi connectivity index (χ0) is 20.3. The van der Waals surface area contributed by atoms with Gasteiger partial charge in [-0.25, -0.2) is 13.8 Å². The van der Waals surface area contributed by atoms with Gasteiger partial charge in [0, 0.05) is 27.8 Å². The lowest BCUT2D eigenvalue weighted by molar-refractivity contribution is 0.447. The Balaban J connectivity index is 1.89. The number of ether oxygens (including phenoxy) is 1. The zero-order valence-corrected chi connectivity index (χ0v) is 17.2. The van der Waals surface area contributed by atoms with Crippen LogP contribution in [0.2, 0.25) is 5.02 Å². The molecule has 0 saturated carbocycles. The first-order valence-electron chi connectivity index (χ1n) is 8.61. The first-order valence-corrected chi connectivity index (χ1v) is 9.97. The number of rotatable bonds is 5. The highest BCUT2D eigenvalue weighted by molar-refractivity contribution is 7.98. The van der Waals surface area contributed by atoms with Crippen molar-refractivity contribution in [1.29, 1.82) is 0 Å². The van der Waals surface area contributed by atoms with Crippen molar-refractivity contribution in [1.82, 2.24) is 9.97 Å². The van der Waals surface area contributed by atoms with Crippen molar-refractivity contribution in [2.75, 3.05) is 0 Å². The molecule has 1 heterocycles. The van der Waals surface area contributed by atoms with Gasteiger partial charge < -0.3 is 4.74 Å². The smallest absolute Gasteiger partial charge is 0.223 e. The van der Waals surface area contributed by atoms with Crippen molar-refractivity contribution in [2.24, 2.45) is 0 Å². The Morgan fingerprint density at radius 3 is 2.32 bits per heavy atom. The van der Waals surface area contributed by atoms with Crippen LogP contribution in [0, 0.1) is 11.6 Å². The quantitative estimate of drug-likeness (QED) is 0.336. The molecule has 0 radical (unpaired) electrons. The van der Waals surface area contributed by atoms with Gasteiger partial charge in [-0.1, -0.05) is 56.3 Å². The molecule has 0 aliphatic rings. The summed E-state index contributed by atoms with van der Waals surface area (Å²) in [7, 11) is 0. The van der Waals surface area contributed by atoms with Gasteiger partial charge >= 0.3 is 0 Å². The lowest BCUT2D eigenvalue weighted by Gasteiger charge is -2.19. The molecular weight excluding hydrogens is 402 g/mol. The molecule has 28 heavy (non-hydrogen) atoms. The van der Waals surface area contributed by atoms with E-state index in [0.29, 0.717) is 21.8 Å². The van der Waals surface area contributed by atoms with Crippen LogP contribution in [0.3, 0.4) is 0 Å². The summed E-state index contributed by atoms with van der Waals surface area (Å²) in [6.45, 7) is 6.05. The molecule has 0 aliphatic carbocycles. The second-order valence-corrected chi connectivity index (χ2v) is 8.55. The Labute approximate surface area is 172 Å². The summed E-state index contributed by atoms with van der Waals surface area (Å²) in [6.07, 6.45) is 0. The molecule has 0 bridgehead atoms. The molecule has 0 aliphatic heterocycles. The normalized spacial score (nSPS) is 11.5. The molecular formula is C21H19ClF2N2OS. The predicted molar refractivity (Wildman–Crippen MR) is 108 cm³/mol. The predicted octanol–water partition coefficient (Wildman–Crippen LogP) is 6.79. The van der Waals surface area contributed by atoms with Gasteiger partial charge in [-0.2, -0.15) is 4.98 Å². The van der Waals surface area contributed by atoms with Gasteiger partial charge in [-0.3, -0.25) is 0 Å². The first kappa shape index (κ1) is 20.6. The van der Waals surface area contributed by atoms with Crippen LogP contribution in [0.5, 0.6) is 11.6 Å². The third-order valence-electron chi connectivity index (χ3n) is 3.88. The highest BCUT2D eigenvalue weighted by Gasteiger charge is 2.20. The number of thioether (sulfide) groups is 1. The SMILES string of the molecule is CC(C)(C)c1cc(Oc2cccc(Cl)c2)nc(SCc2c(F)cccc2F)n1. The van der Waals surface area contributed by atoms with E-state index >= 15 is 0 Å². The maximum atomic E-state index is 13.9. The average molecular weight is 421 g/mol. The monoisotopic (exact) mass is 420 g/mol. The average Bonchev–Trinajstić information content (AvgIpc) is 2.60. The van der Waals surface area contributed by atoms with E-state index in [1.807, 2.05) is 20.8 Å². The van der Waals surface area contributed by atoms with E-state index in [2.05, 4.69) is 9.97 Å². The molecule has 7 heteroatoms. The molecule has 3 rings (SSSR count). The number of benzene rings is 2. The van der Waals surface area contributed by atoms with Crippen molar-refractivity contribution in [2.45, 2.75) is 37.1 Å². The van der Waals surface area contributed by atoms with Crippen LogP contribution in [0.1, 0.15) is 32.0 Å². The topological polar surface area (TPSA) is 35.0 Å². The molecule has 3 nitrogen and oxygen atoms in total. The Kier molecular flexibility index (Phi) is 6.20. The van der Waals surface area contributed by atoms with Crippen molar-refractivity contribution in [3.8, 4) is 11.6 Å². The first-order chi connectivity index (χ1) is 13.2. The molecule has 0 unspecified atom stereocenters. The third kappa shape index (κ3) is 5.20. The van der Waals surface area contributed by atoms with E-state index in [0.717, 1.165) is 17.5 Å². The Morgan fingerprint density at radius 2 is 1.68 bits per heavy atom. The fraction of sp³-hybridized carbons (Fsp3) is 0.238. The van der Waals surface area contributed by atoms with Crippen LogP contribution in [0.15, 0.2) is 53.7 Å². The Morgan fingerprint density at radius 1 is 1.00 bits per heavy atom. The highest BCUT2D eigenvalue weighted by Crippen LogP contribution is 2.31. The Bertz CT molecular complexity index is 972.